The maximum atomic E-state index is 11.7. The molecule has 0 aliphatic rings. The monoisotopic (exact) mass is 262 g/mol. The van der Waals surface area contributed by atoms with Crippen molar-refractivity contribution in [3.05, 3.63) is 35.9 Å². The van der Waals surface area contributed by atoms with Gasteiger partial charge in [-0.2, -0.15) is 0 Å². The molecule has 0 radical (unpaired) electrons. The molecule has 0 fully saturated rings. The Morgan fingerprint density at radius 2 is 2.00 bits per heavy atom. The maximum Gasteiger partial charge on any atom is 0.328 e. The molecule has 0 aromatic heterocycles. The summed E-state index contributed by atoms with van der Waals surface area (Å²) in [6.45, 7) is 2.31. The number of hydrogen-bond donors (Lipinski definition) is 3. The normalized spacial score (nSPS) is 12.3. The minimum Gasteiger partial charge on any atom is -0.478 e. The first kappa shape index (κ1) is 14.9. The first-order valence-corrected chi connectivity index (χ1v) is 6.05. The predicted octanol–water partition coefficient (Wildman–Crippen LogP) is 1.71. The van der Waals surface area contributed by atoms with Gasteiger partial charge in [-0.3, -0.25) is 4.79 Å². The number of hydrogen-bond acceptors (Lipinski definition) is 3. The van der Waals surface area contributed by atoms with Gasteiger partial charge in [-0.1, -0.05) is 19.1 Å². The van der Waals surface area contributed by atoms with Crippen molar-refractivity contribution in [2.24, 2.45) is 11.7 Å². The summed E-state index contributed by atoms with van der Waals surface area (Å²) in [6, 6.07) is 6.94. The Hall–Kier alpha value is -2.14. The fourth-order valence-corrected chi connectivity index (χ4v) is 1.49. The van der Waals surface area contributed by atoms with E-state index in [1.165, 1.54) is 6.08 Å². The molecule has 4 N–H and O–H groups in total. The third-order valence-corrected chi connectivity index (χ3v) is 2.64. The van der Waals surface area contributed by atoms with E-state index < -0.39 is 5.97 Å². The topological polar surface area (TPSA) is 92.4 Å². The molecule has 0 heterocycles. The minimum absolute atomic E-state index is 0.0701. The maximum absolute atomic E-state index is 11.7. The van der Waals surface area contributed by atoms with Gasteiger partial charge in [-0.15, -0.1) is 0 Å². The molecule has 1 amide bonds. The second kappa shape index (κ2) is 7.33. The molecule has 102 valence electrons. The van der Waals surface area contributed by atoms with Crippen LogP contribution in [0, 0.1) is 5.92 Å². The molecule has 1 aromatic carbocycles. The largest absolute Gasteiger partial charge is 0.478 e. The zero-order chi connectivity index (χ0) is 14.3. The number of amides is 1. The summed E-state index contributed by atoms with van der Waals surface area (Å²) < 4.78 is 0. The molecule has 5 heteroatoms. The van der Waals surface area contributed by atoms with E-state index in [0.717, 1.165) is 11.6 Å². The number of rotatable bonds is 6. The first-order valence-electron chi connectivity index (χ1n) is 6.05. The fraction of sp³-hybridized carbons (Fsp3) is 0.286. The highest BCUT2D eigenvalue weighted by Crippen LogP contribution is 2.13. The molecule has 0 spiro atoms. The summed E-state index contributed by atoms with van der Waals surface area (Å²) in [5, 5.41) is 11.3. The van der Waals surface area contributed by atoms with Crippen LogP contribution in [0.25, 0.3) is 6.08 Å². The Labute approximate surface area is 112 Å². The summed E-state index contributed by atoms with van der Waals surface area (Å²) in [5.41, 5.74) is 6.84. The SMILES string of the molecule is CC(CCN)C(=O)Nc1ccc(/C=C/C(=O)O)cc1. The van der Waals surface area contributed by atoms with Crippen molar-refractivity contribution >= 4 is 23.6 Å². The molecule has 1 atom stereocenters. The van der Waals surface area contributed by atoms with Crippen LogP contribution >= 0.6 is 0 Å². The molecule has 0 saturated carbocycles. The fourth-order valence-electron chi connectivity index (χ4n) is 1.49. The number of carboxylic acids is 1. The van der Waals surface area contributed by atoms with Gasteiger partial charge in [-0.05, 0) is 36.7 Å². The van der Waals surface area contributed by atoms with Crippen molar-refractivity contribution < 1.29 is 14.7 Å². The second-order valence-corrected chi connectivity index (χ2v) is 4.26. The standard InChI is InChI=1S/C14H18N2O3/c1-10(8-9-15)14(19)16-12-5-2-11(3-6-12)4-7-13(17)18/h2-7,10H,8-9,15H2,1H3,(H,16,19)(H,17,18)/b7-4+. The van der Waals surface area contributed by atoms with E-state index in [0.29, 0.717) is 18.7 Å². The van der Waals surface area contributed by atoms with Crippen molar-refractivity contribution in [2.75, 3.05) is 11.9 Å². The highest BCUT2D eigenvalue weighted by molar-refractivity contribution is 5.92. The van der Waals surface area contributed by atoms with E-state index in [9.17, 15) is 9.59 Å². The van der Waals surface area contributed by atoms with E-state index in [1.807, 2.05) is 6.92 Å². The molecule has 19 heavy (non-hydrogen) atoms. The lowest BCUT2D eigenvalue weighted by atomic mass is 10.1. The van der Waals surface area contributed by atoms with Gasteiger partial charge in [0.05, 0.1) is 0 Å². The van der Waals surface area contributed by atoms with E-state index in [4.69, 9.17) is 10.8 Å². The molecule has 5 nitrogen and oxygen atoms in total. The van der Waals surface area contributed by atoms with Crippen LogP contribution in [0.3, 0.4) is 0 Å². The zero-order valence-electron chi connectivity index (χ0n) is 10.8. The van der Waals surface area contributed by atoms with E-state index >= 15 is 0 Å². The molecular formula is C14H18N2O3. The molecular weight excluding hydrogens is 244 g/mol. The van der Waals surface area contributed by atoms with Crippen LogP contribution in [0.1, 0.15) is 18.9 Å². The Morgan fingerprint density at radius 1 is 1.37 bits per heavy atom. The Morgan fingerprint density at radius 3 is 2.53 bits per heavy atom. The predicted molar refractivity (Wildman–Crippen MR) is 74.6 cm³/mol. The van der Waals surface area contributed by atoms with Crippen LogP contribution in [0.4, 0.5) is 5.69 Å². The van der Waals surface area contributed by atoms with Gasteiger partial charge >= 0.3 is 5.97 Å². The van der Waals surface area contributed by atoms with Crippen LogP contribution in [-0.4, -0.2) is 23.5 Å². The highest BCUT2D eigenvalue weighted by Gasteiger charge is 2.11. The van der Waals surface area contributed by atoms with Crippen molar-refractivity contribution in [1.29, 1.82) is 0 Å². The molecule has 1 rings (SSSR count). The number of benzene rings is 1. The van der Waals surface area contributed by atoms with Gasteiger partial charge in [-0.25, -0.2) is 4.79 Å². The number of carboxylic acid groups (broad SMARTS) is 1. The lowest BCUT2D eigenvalue weighted by Crippen LogP contribution is -2.22. The smallest absolute Gasteiger partial charge is 0.328 e. The second-order valence-electron chi connectivity index (χ2n) is 4.26. The van der Waals surface area contributed by atoms with Crippen molar-refractivity contribution in [1.82, 2.24) is 0 Å². The van der Waals surface area contributed by atoms with Crippen LogP contribution in [0.2, 0.25) is 0 Å². The Bertz CT molecular complexity index is 466. The summed E-state index contributed by atoms with van der Waals surface area (Å²) in [5.74, 6) is -1.19. The molecule has 0 aliphatic carbocycles. The van der Waals surface area contributed by atoms with Gasteiger partial charge in [0.25, 0.3) is 0 Å². The average Bonchev–Trinajstić information content (AvgIpc) is 2.38. The Balaban J connectivity index is 2.62. The van der Waals surface area contributed by atoms with Gasteiger partial charge in [0.15, 0.2) is 0 Å². The summed E-state index contributed by atoms with van der Waals surface area (Å²) in [6.07, 6.45) is 3.20. The number of carbonyl (C=O) groups is 2. The molecule has 0 saturated heterocycles. The zero-order valence-corrected chi connectivity index (χ0v) is 10.8. The van der Waals surface area contributed by atoms with Gasteiger partial charge in [0, 0.05) is 17.7 Å². The van der Waals surface area contributed by atoms with Crippen molar-refractivity contribution in [3.63, 3.8) is 0 Å². The lowest BCUT2D eigenvalue weighted by molar-refractivity contribution is -0.131. The number of carbonyl (C=O) groups excluding carboxylic acids is 1. The van der Waals surface area contributed by atoms with Crippen LogP contribution < -0.4 is 11.1 Å². The van der Waals surface area contributed by atoms with Crippen LogP contribution in [0.5, 0.6) is 0 Å². The van der Waals surface area contributed by atoms with Crippen LogP contribution in [0.15, 0.2) is 30.3 Å². The molecule has 1 unspecified atom stereocenters. The van der Waals surface area contributed by atoms with Crippen LogP contribution in [-0.2, 0) is 9.59 Å². The minimum atomic E-state index is -0.993. The lowest BCUT2D eigenvalue weighted by Gasteiger charge is -2.11. The average molecular weight is 262 g/mol. The molecule has 0 bridgehead atoms. The highest BCUT2D eigenvalue weighted by atomic mass is 16.4. The quantitative estimate of drug-likeness (QED) is 0.680. The summed E-state index contributed by atoms with van der Waals surface area (Å²) in [7, 11) is 0. The summed E-state index contributed by atoms with van der Waals surface area (Å²) in [4.78, 5) is 22.1. The number of aliphatic carboxylic acids is 1. The third-order valence-electron chi connectivity index (χ3n) is 2.64. The number of anilines is 1. The first-order chi connectivity index (χ1) is 9.02. The third kappa shape index (κ3) is 5.35. The van der Waals surface area contributed by atoms with Gasteiger partial charge < -0.3 is 16.2 Å². The Kier molecular flexibility index (Phi) is 5.75. The van der Waals surface area contributed by atoms with Gasteiger partial charge in [0.2, 0.25) is 5.91 Å². The van der Waals surface area contributed by atoms with Crippen molar-refractivity contribution in [3.8, 4) is 0 Å². The summed E-state index contributed by atoms with van der Waals surface area (Å²) >= 11 is 0. The van der Waals surface area contributed by atoms with E-state index in [2.05, 4.69) is 5.32 Å². The number of nitrogens with two attached hydrogens (primary N) is 1. The van der Waals surface area contributed by atoms with E-state index in [1.54, 1.807) is 24.3 Å². The molecule has 0 aliphatic heterocycles. The number of nitrogens with one attached hydrogen (secondary N) is 1. The van der Waals surface area contributed by atoms with E-state index in [-0.39, 0.29) is 11.8 Å². The van der Waals surface area contributed by atoms with Crippen molar-refractivity contribution in [2.45, 2.75) is 13.3 Å². The van der Waals surface area contributed by atoms with Gasteiger partial charge in [0.1, 0.15) is 0 Å². The molecule has 1 aromatic rings.